The molecule has 7 heteroatoms. The minimum Gasteiger partial charge on any atom is -0.490 e. The summed E-state index contributed by atoms with van der Waals surface area (Å²) < 4.78 is 11.6. The number of hydrogen-bond donors (Lipinski definition) is 2. The van der Waals surface area contributed by atoms with E-state index in [1.54, 1.807) is 30.6 Å². The Kier molecular flexibility index (Phi) is 7.75. The van der Waals surface area contributed by atoms with Gasteiger partial charge in [-0.3, -0.25) is 14.6 Å². The molecule has 1 atom stereocenters. The van der Waals surface area contributed by atoms with Gasteiger partial charge in [0.15, 0.2) is 11.5 Å². The summed E-state index contributed by atoms with van der Waals surface area (Å²) in [5.74, 6) is 0.503. The summed E-state index contributed by atoms with van der Waals surface area (Å²) in [4.78, 5) is 30.0. The second-order valence-electron chi connectivity index (χ2n) is 8.24. The Morgan fingerprint density at radius 3 is 2.50 bits per heavy atom. The van der Waals surface area contributed by atoms with Crippen molar-refractivity contribution < 1.29 is 19.1 Å². The van der Waals surface area contributed by atoms with Gasteiger partial charge < -0.3 is 20.1 Å². The predicted octanol–water partition coefficient (Wildman–Crippen LogP) is 3.68. The molecule has 0 spiro atoms. The molecule has 3 aromatic rings. The third-order valence-electron chi connectivity index (χ3n) is 5.45. The molecule has 2 aromatic carbocycles. The number of ether oxygens (including phenoxy) is 2. The van der Waals surface area contributed by atoms with E-state index in [2.05, 4.69) is 15.6 Å². The van der Waals surface area contributed by atoms with Crippen LogP contribution >= 0.6 is 0 Å². The van der Waals surface area contributed by atoms with Crippen LogP contribution in [0.5, 0.6) is 11.5 Å². The van der Waals surface area contributed by atoms with Gasteiger partial charge in [-0.25, -0.2) is 0 Å². The first-order chi connectivity index (χ1) is 16.6. The van der Waals surface area contributed by atoms with Crippen LogP contribution in [0.15, 0.2) is 73.1 Å². The molecule has 1 saturated carbocycles. The van der Waals surface area contributed by atoms with Crippen molar-refractivity contribution in [3.05, 3.63) is 89.7 Å². The lowest BCUT2D eigenvalue weighted by atomic mass is 10.0. The summed E-state index contributed by atoms with van der Waals surface area (Å²) in [5.41, 5.74) is 2.31. The minimum atomic E-state index is -0.674. The highest BCUT2D eigenvalue weighted by molar-refractivity contribution is 5.98. The van der Waals surface area contributed by atoms with Crippen molar-refractivity contribution in [3.63, 3.8) is 0 Å². The van der Waals surface area contributed by atoms with E-state index in [0.717, 1.165) is 24.0 Å². The van der Waals surface area contributed by atoms with Crippen LogP contribution < -0.4 is 20.1 Å². The van der Waals surface area contributed by atoms with E-state index < -0.39 is 6.04 Å². The number of hydrogen-bond acceptors (Lipinski definition) is 5. The lowest BCUT2D eigenvalue weighted by Gasteiger charge is -2.19. The van der Waals surface area contributed by atoms with Gasteiger partial charge >= 0.3 is 0 Å². The molecule has 4 rings (SSSR count). The van der Waals surface area contributed by atoms with Crippen LogP contribution in [0.4, 0.5) is 0 Å². The van der Waals surface area contributed by atoms with E-state index in [4.69, 9.17) is 9.47 Å². The zero-order valence-corrected chi connectivity index (χ0v) is 19.2. The molecule has 34 heavy (non-hydrogen) atoms. The van der Waals surface area contributed by atoms with Crippen LogP contribution in [-0.4, -0.2) is 35.5 Å². The van der Waals surface area contributed by atoms with Crippen LogP contribution in [-0.2, 0) is 17.8 Å². The molecule has 1 fully saturated rings. The zero-order valence-electron chi connectivity index (χ0n) is 19.2. The average Bonchev–Trinajstić information content (AvgIpc) is 3.68. The summed E-state index contributed by atoms with van der Waals surface area (Å²) >= 11 is 0. The number of rotatable bonds is 11. The summed E-state index contributed by atoms with van der Waals surface area (Å²) in [5, 5.41) is 5.91. The molecule has 2 N–H and O–H groups in total. The van der Waals surface area contributed by atoms with Crippen molar-refractivity contribution in [2.24, 2.45) is 0 Å². The lowest BCUT2D eigenvalue weighted by molar-refractivity contribution is -0.123. The van der Waals surface area contributed by atoms with E-state index >= 15 is 0 Å². The van der Waals surface area contributed by atoms with Gasteiger partial charge in [0.25, 0.3) is 5.91 Å². The molecule has 1 aromatic heterocycles. The fraction of sp³-hybridized carbons (Fsp3) is 0.296. The van der Waals surface area contributed by atoms with Gasteiger partial charge in [-0.2, -0.15) is 0 Å². The maximum atomic E-state index is 13.1. The maximum Gasteiger partial charge on any atom is 0.252 e. The van der Waals surface area contributed by atoms with E-state index in [-0.39, 0.29) is 17.9 Å². The number of benzene rings is 2. The normalized spacial score (nSPS) is 13.6. The number of carbonyl (C=O) groups is 2. The summed E-state index contributed by atoms with van der Waals surface area (Å²) in [6.07, 6.45) is 5.82. The lowest BCUT2D eigenvalue weighted by Crippen LogP contribution is -2.48. The quantitative estimate of drug-likeness (QED) is 0.457. The minimum absolute atomic E-state index is 0.166. The summed E-state index contributed by atoms with van der Waals surface area (Å²) in [7, 11) is 0. The molecule has 2 amide bonds. The first-order valence-electron chi connectivity index (χ1n) is 11.6. The van der Waals surface area contributed by atoms with Crippen molar-refractivity contribution in [3.8, 4) is 11.5 Å². The van der Waals surface area contributed by atoms with Crippen molar-refractivity contribution in [2.45, 2.75) is 44.9 Å². The Balaban J connectivity index is 1.47. The van der Waals surface area contributed by atoms with E-state index in [0.29, 0.717) is 36.7 Å². The highest BCUT2D eigenvalue weighted by Crippen LogP contribution is 2.29. The maximum absolute atomic E-state index is 13.1. The predicted molar refractivity (Wildman–Crippen MR) is 129 cm³/mol. The first-order valence-corrected chi connectivity index (χ1v) is 11.6. The first kappa shape index (κ1) is 23.3. The van der Waals surface area contributed by atoms with Crippen LogP contribution in [0, 0.1) is 0 Å². The number of amides is 2. The third-order valence-corrected chi connectivity index (χ3v) is 5.45. The Morgan fingerprint density at radius 2 is 1.79 bits per heavy atom. The molecule has 0 saturated heterocycles. The number of pyridine rings is 1. The molecule has 7 nitrogen and oxygen atoms in total. The number of nitrogens with zero attached hydrogens (tertiary/aromatic N) is 1. The van der Waals surface area contributed by atoms with Gasteiger partial charge in [-0.05, 0) is 49.6 Å². The van der Waals surface area contributed by atoms with E-state index in [1.807, 2.05) is 49.4 Å². The van der Waals surface area contributed by atoms with Gasteiger partial charge in [0.1, 0.15) is 12.6 Å². The van der Waals surface area contributed by atoms with Gasteiger partial charge in [-0.15, -0.1) is 0 Å². The number of nitrogens with one attached hydrogen (secondary N) is 2. The third kappa shape index (κ3) is 6.57. The highest BCUT2D eigenvalue weighted by Gasteiger charge is 2.29. The average molecular weight is 460 g/mol. The molecule has 1 heterocycles. The molecule has 0 bridgehead atoms. The van der Waals surface area contributed by atoms with Crippen LogP contribution in [0.2, 0.25) is 0 Å². The molecule has 1 aliphatic carbocycles. The smallest absolute Gasteiger partial charge is 0.252 e. The van der Waals surface area contributed by atoms with Crippen molar-refractivity contribution in [1.82, 2.24) is 15.6 Å². The zero-order chi connectivity index (χ0) is 23.8. The summed E-state index contributed by atoms with van der Waals surface area (Å²) in [6.45, 7) is 2.63. The molecule has 1 unspecified atom stereocenters. The Morgan fingerprint density at radius 1 is 1.00 bits per heavy atom. The topological polar surface area (TPSA) is 89.5 Å². The molecule has 0 aliphatic heterocycles. The van der Waals surface area contributed by atoms with E-state index in [1.165, 1.54) is 0 Å². The van der Waals surface area contributed by atoms with Gasteiger partial charge in [-0.1, -0.05) is 36.4 Å². The van der Waals surface area contributed by atoms with Gasteiger partial charge in [0.05, 0.1) is 6.61 Å². The van der Waals surface area contributed by atoms with Crippen molar-refractivity contribution in [1.29, 1.82) is 0 Å². The van der Waals surface area contributed by atoms with Crippen molar-refractivity contribution >= 4 is 11.8 Å². The molecule has 176 valence electrons. The molecular weight excluding hydrogens is 430 g/mol. The molecule has 1 aliphatic rings. The molecular formula is C27H29N3O4. The fourth-order valence-corrected chi connectivity index (χ4v) is 3.51. The highest BCUT2D eigenvalue weighted by atomic mass is 16.5. The largest absolute Gasteiger partial charge is 0.490 e. The van der Waals surface area contributed by atoms with Gasteiger partial charge in [0.2, 0.25) is 5.91 Å². The SMILES string of the molecule is CCOc1cc(C(=O)NC(Cc2ccccc2)C(=O)NC2CC2)ccc1OCc1cccnc1. The Bertz CT molecular complexity index is 1100. The van der Waals surface area contributed by atoms with Crippen LogP contribution in [0.3, 0.4) is 0 Å². The van der Waals surface area contributed by atoms with Gasteiger partial charge in [0, 0.05) is 36.0 Å². The van der Waals surface area contributed by atoms with Crippen LogP contribution in [0.25, 0.3) is 0 Å². The second kappa shape index (κ2) is 11.3. The Labute approximate surface area is 199 Å². The van der Waals surface area contributed by atoms with Crippen LogP contribution in [0.1, 0.15) is 41.3 Å². The monoisotopic (exact) mass is 459 g/mol. The number of aromatic nitrogens is 1. The standard InChI is InChI=1S/C27H29N3O4/c1-2-33-25-16-21(10-13-24(25)34-18-20-9-6-14-28-17-20)26(31)30-23(27(32)29-22-11-12-22)15-19-7-4-3-5-8-19/h3-10,13-14,16-17,22-23H,2,11-12,15,18H2,1H3,(H,29,32)(H,30,31). The second-order valence-corrected chi connectivity index (χ2v) is 8.24. The molecule has 0 radical (unpaired) electrons. The summed E-state index contributed by atoms with van der Waals surface area (Å²) in [6, 6.07) is 18.0. The fourth-order valence-electron chi connectivity index (χ4n) is 3.51. The van der Waals surface area contributed by atoms with Crippen molar-refractivity contribution in [2.75, 3.05) is 6.61 Å². The number of carbonyl (C=O) groups excluding carboxylic acids is 2. The van der Waals surface area contributed by atoms with E-state index in [9.17, 15) is 9.59 Å². The Hall–Kier alpha value is -3.87.